The van der Waals surface area contributed by atoms with Gasteiger partial charge in [0.15, 0.2) is 11.5 Å². The lowest BCUT2D eigenvalue weighted by atomic mass is 9.87. The molecular formula is C30H34N2O3. The molecule has 0 unspecified atom stereocenters. The molecule has 1 N–H and O–H groups in total. The molecule has 5 heteroatoms. The number of aryl methyl sites for hydroxylation is 2. The van der Waals surface area contributed by atoms with Crippen LogP contribution in [0.4, 0.5) is 0 Å². The van der Waals surface area contributed by atoms with E-state index in [-0.39, 0.29) is 17.9 Å². The van der Waals surface area contributed by atoms with Crippen molar-refractivity contribution in [3.8, 4) is 11.5 Å². The summed E-state index contributed by atoms with van der Waals surface area (Å²) in [6.45, 7) is 2.07. The zero-order valence-corrected chi connectivity index (χ0v) is 21.0. The number of nitrogens with one attached hydrogen (secondary N) is 1. The fourth-order valence-electron chi connectivity index (χ4n) is 4.75. The standard InChI is InChI=1S/C30H34N2O3/c1-21(14-15-22-10-6-5-7-11-22)31-30(33)19-25(23-16-17-28(34-3)29(18-23)35-4)26-20-32(2)27-13-9-8-12-24(26)27/h5-13,16-18,20-21,25H,14-15,19H2,1-4H3,(H,31,33)/t21-,25+/m1/s1. The van der Waals surface area contributed by atoms with Gasteiger partial charge in [0.05, 0.1) is 14.2 Å². The number of carbonyl (C=O) groups excluding carboxylic acids is 1. The average Bonchev–Trinajstić information content (AvgIpc) is 3.22. The number of amides is 1. The third-order valence-electron chi connectivity index (χ3n) is 6.62. The fraction of sp³-hybridized carbons (Fsp3) is 0.300. The monoisotopic (exact) mass is 470 g/mol. The predicted octanol–water partition coefficient (Wildman–Crippen LogP) is 5.86. The van der Waals surface area contributed by atoms with Crippen LogP contribution in [0.3, 0.4) is 0 Å². The number of methoxy groups -OCH3 is 2. The van der Waals surface area contributed by atoms with Crippen LogP contribution in [0, 0.1) is 0 Å². The summed E-state index contributed by atoms with van der Waals surface area (Å²) in [5.74, 6) is 1.25. The van der Waals surface area contributed by atoms with Crippen molar-refractivity contribution in [3.63, 3.8) is 0 Å². The highest BCUT2D eigenvalue weighted by atomic mass is 16.5. The normalized spacial score (nSPS) is 12.8. The number of benzene rings is 3. The molecule has 5 nitrogen and oxygen atoms in total. The van der Waals surface area contributed by atoms with Crippen LogP contribution in [-0.4, -0.2) is 30.7 Å². The minimum atomic E-state index is -0.123. The highest BCUT2D eigenvalue weighted by Crippen LogP contribution is 2.38. The van der Waals surface area contributed by atoms with Gasteiger partial charge in [-0.1, -0.05) is 54.6 Å². The molecule has 4 rings (SSSR count). The van der Waals surface area contributed by atoms with Crippen molar-refractivity contribution in [3.05, 3.63) is 95.7 Å². The maximum absolute atomic E-state index is 13.3. The van der Waals surface area contributed by atoms with E-state index in [2.05, 4.69) is 59.4 Å². The zero-order chi connectivity index (χ0) is 24.8. The number of fused-ring (bicyclic) bond motifs is 1. The average molecular weight is 471 g/mol. The van der Waals surface area contributed by atoms with Gasteiger partial charge in [-0.25, -0.2) is 0 Å². The zero-order valence-electron chi connectivity index (χ0n) is 21.0. The molecule has 0 aliphatic heterocycles. The number of hydrogen-bond acceptors (Lipinski definition) is 3. The topological polar surface area (TPSA) is 52.5 Å². The number of para-hydroxylation sites is 1. The van der Waals surface area contributed by atoms with Crippen molar-refractivity contribution in [1.29, 1.82) is 0 Å². The third kappa shape index (κ3) is 5.68. The number of nitrogens with zero attached hydrogens (tertiary/aromatic N) is 1. The van der Waals surface area contributed by atoms with Gasteiger partial charge >= 0.3 is 0 Å². The molecule has 35 heavy (non-hydrogen) atoms. The lowest BCUT2D eigenvalue weighted by molar-refractivity contribution is -0.121. The number of hydrogen-bond donors (Lipinski definition) is 1. The molecule has 0 saturated carbocycles. The SMILES string of the molecule is COc1ccc([C@H](CC(=O)N[C@H](C)CCc2ccccc2)c2cn(C)c3ccccc23)cc1OC. The number of aromatic nitrogens is 1. The Hall–Kier alpha value is -3.73. The number of carbonyl (C=O) groups is 1. The van der Waals surface area contributed by atoms with Gasteiger partial charge in [-0.05, 0) is 54.7 Å². The van der Waals surface area contributed by atoms with Gasteiger partial charge in [0.25, 0.3) is 0 Å². The van der Waals surface area contributed by atoms with Gasteiger partial charge in [0, 0.05) is 42.5 Å². The maximum Gasteiger partial charge on any atom is 0.221 e. The van der Waals surface area contributed by atoms with E-state index >= 15 is 0 Å². The molecule has 0 fully saturated rings. The van der Waals surface area contributed by atoms with Crippen molar-refractivity contribution in [2.45, 2.75) is 38.1 Å². The minimum Gasteiger partial charge on any atom is -0.493 e. The first-order chi connectivity index (χ1) is 17.0. The maximum atomic E-state index is 13.3. The Balaban J connectivity index is 1.59. The molecule has 0 radical (unpaired) electrons. The van der Waals surface area contributed by atoms with Crippen molar-refractivity contribution < 1.29 is 14.3 Å². The highest BCUT2D eigenvalue weighted by molar-refractivity contribution is 5.86. The summed E-state index contributed by atoms with van der Waals surface area (Å²) in [6.07, 6.45) is 4.31. The van der Waals surface area contributed by atoms with Crippen LogP contribution in [0.2, 0.25) is 0 Å². The van der Waals surface area contributed by atoms with Gasteiger partial charge in [0.2, 0.25) is 5.91 Å². The van der Waals surface area contributed by atoms with Crippen LogP contribution >= 0.6 is 0 Å². The van der Waals surface area contributed by atoms with Crippen LogP contribution in [0.5, 0.6) is 11.5 Å². The Morgan fingerprint density at radius 2 is 1.66 bits per heavy atom. The summed E-state index contributed by atoms with van der Waals surface area (Å²) >= 11 is 0. The first kappa shape index (κ1) is 24.4. The Morgan fingerprint density at radius 1 is 0.943 bits per heavy atom. The van der Waals surface area contributed by atoms with Crippen molar-refractivity contribution >= 4 is 16.8 Å². The molecule has 1 heterocycles. The molecule has 0 saturated heterocycles. The van der Waals surface area contributed by atoms with Gasteiger partial charge in [-0.2, -0.15) is 0 Å². The lowest BCUT2D eigenvalue weighted by Gasteiger charge is -2.21. The first-order valence-electron chi connectivity index (χ1n) is 12.1. The molecule has 0 aliphatic carbocycles. The van der Waals surface area contributed by atoms with E-state index in [4.69, 9.17) is 9.47 Å². The Kier molecular flexibility index (Phi) is 7.76. The van der Waals surface area contributed by atoms with Crippen LogP contribution in [0.25, 0.3) is 10.9 Å². The van der Waals surface area contributed by atoms with Gasteiger partial charge in [-0.15, -0.1) is 0 Å². The predicted molar refractivity (Wildman–Crippen MR) is 141 cm³/mol. The van der Waals surface area contributed by atoms with E-state index in [1.807, 2.05) is 43.4 Å². The smallest absolute Gasteiger partial charge is 0.221 e. The van der Waals surface area contributed by atoms with Crippen LogP contribution in [0.1, 0.15) is 42.4 Å². The Bertz CT molecular complexity index is 1280. The Morgan fingerprint density at radius 3 is 2.40 bits per heavy atom. The summed E-state index contributed by atoms with van der Waals surface area (Å²) in [5.41, 5.74) is 4.57. The molecule has 4 aromatic rings. The molecular weight excluding hydrogens is 436 g/mol. The fourth-order valence-corrected chi connectivity index (χ4v) is 4.75. The van der Waals surface area contributed by atoms with E-state index in [1.54, 1.807) is 14.2 Å². The highest BCUT2D eigenvalue weighted by Gasteiger charge is 2.24. The molecule has 1 amide bonds. The first-order valence-corrected chi connectivity index (χ1v) is 12.1. The third-order valence-corrected chi connectivity index (χ3v) is 6.62. The van der Waals surface area contributed by atoms with E-state index in [9.17, 15) is 4.79 Å². The largest absolute Gasteiger partial charge is 0.493 e. The molecule has 1 aromatic heterocycles. The van der Waals surface area contributed by atoms with Crippen LogP contribution in [-0.2, 0) is 18.3 Å². The van der Waals surface area contributed by atoms with Crippen molar-refractivity contribution in [2.75, 3.05) is 14.2 Å². The van der Waals surface area contributed by atoms with E-state index in [1.165, 1.54) is 5.56 Å². The van der Waals surface area contributed by atoms with Crippen molar-refractivity contribution in [1.82, 2.24) is 9.88 Å². The summed E-state index contributed by atoms with van der Waals surface area (Å²) in [7, 11) is 5.31. The summed E-state index contributed by atoms with van der Waals surface area (Å²) in [5, 5.41) is 4.38. The van der Waals surface area contributed by atoms with Crippen LogP contribution < -0.4 is 14.8 Å². The second-order valence-corrected chi connectivity index (χ2v) is 9.08. The lowest BCUT2D eigenvalue weighted by Crippen LogP contribution is -2.33. The number of rotatable bonds is 10. The molecule has 0 aliphatic rings. The summed E-state index contributed by atoms with van der Waals surface area (Å²) in [4.78, 5) is 13.3. The summed E-state index contributed by atoms with van der Waals surface area (Å²) in [6, 6.07) is 24.7. The van der Waals surface area contributed by atoms with E-state index in [0.29, 0.717) is 17.9 Å². The molecule has 0 spiro atoms. The van der Waals surface area contributed by atoms with Gasteiger partial charge < -0.3 is 19.4 Å². The molecule has 3 aromatic carbocycles. The minimum absolute atomic E-state index is 0.0401. The molecule has 2 atom stereocenters. The second-order valence-electron chi connectivity index (χ2n) is 9.08. The van der Waals surface area contributed by atoms with Crippen molar-refractivity contribution in [2.24, 2.45) is 7.05 Å². The molecule has 0 bridgehead atoms. The molecule has 182 valence electrons. The quantitative estimate of drug-likeness (QED) is 0.316. The van der Waals surface area contributed by atoms with Gasteiger partial charge in [0.1, 0.15) is 0 Å². The number of ether oxygens (including phenoxy) is 2. The van der Waals surface area contributed by atoms with Gasteiger partial charge in [-0.3, -0.25) is 4.79 Å². The van der Waals surface area contributed by atoms with Crippen LogP contribution in [0.15, 0.2) is 79.0 Å². The Labute approximate surface area is 207 Å². The van der Waals surface area contributed by atoms with E-state index in [0.717, 1.165) is 34.9 Å². The second kappa shape index (κ2) is 11.1. The van der Waals surface area contributed by atoms with E-state index < -0.39 is 0 Å². The summed E-state index contributed by atoms with van der Waals surface area (Å²) < 4.78 is 13.1.